The van der Waals surface area contributed by atoms with Crippen LogP contribution in [0.1, 0.15) is 59.7 Å². The summed E-state index contributed by atoms with van der Waals surface area (Å²) < 4.78 is 0. The van der Waals surface area contributed by atoms with Crippen molar-refractivity contribution in [2.24, 2.45) is 0 Å². The number of carbonyl (C=O) groups excluding carboxylic acids is 1. The zero-order valence-electron chi connectivity index (χ0n) is 11.1. The zero-order valence-corrected chi connectivity index (χ0v) is 11.9. The number of fused-ring (bicyclic) bond motifs is 1. The van der Waals surface area contributed by atoms with E-state index < -0.39 is 0 Å². The number of benzene rings is 1. The van der Waals surface area contributed by atoms with Crippen LogP contribution >= 0.6 is 11.8 Å². The van der Waals surface area contributed by atoms with E-state index in [1.165, 1.54) is 40.2 Å². The van der Waals surface area contributed by atoms with Gasteiger partial charge in [0.2, 0.25) is 0 Å². The Labute approximate surface area is 108 Å². The van der Waals surface area contributed by atoms with Crippen molar-refractivity contribution in [3.63, 3.8) is 0 Å². The number of Topliss-reactive ketones (excluding diaryl/α,β-unsaturated/α-hetero) is 1. The van der Waals surface area contributed by atoms with Crippen molar-refractivity contribution in [1.29, 1.82) is 0 Å². The predicted octanol–water partition coefficient (Wildman–Crippen LogP) is 4.50. The van der Waals surface area contributed by atoms with E-state index in [0.717, 1.165) is 5.56 Å². The highest BCUT2D eigenvalue weighted by Gasteiger charge is 2.25. The van der Waals surface area contributed by atoms with Gasteiger partial charge in [0.15, 0.2) is 5.78 Å². The minimum atomic E-state index is 0.193. The fraction of sp³-hybridized carbons (Fsp3) is 0.533. The van der Waals surface area contributed by atoms with Crippen molar-refractivity contribution < 1.29 is 4.79 Å². The van der Waals surface area contributed by atoms with Crippen LogP contribution < -0.4 is 0 Å². The number of hydrogen-bond donors (Lipinski definition) is 0. The van der Waals surface area contributed by atoms with Crippen molar-refractivity contribution in [2.75, 3.05) is 5.75 Å². The lowest BCUT2D eigenvalue weighted by molar-refractivity contribution is 0.101. The standard InChI is InChI=1S/C15H20OS/c1-5-12-6-7-17-15-9(2)8-13(11(4)16)10(3)14(12)15/h8,12H,5-7H2,1-4H3. The Morgan fingerprint density at radius 3 is 2.76 bits per heavy atom. The van der Waals surface area contributed by atoms with Gasteiger partial charge in [0.1, 0.15) is 0 Å². The smallest absolute Gasteiger partial charge is 0.160 e. The molecule has 0 saturated heterocycles. The Morgan fingerprint density at radius 1 is 1.47 bits per heavy atom. The highest BCUT2D eigenvalue weighted by atomic mass is 32.2. The van der Waals surface area contributed by atoms with Gasteiger partial charge in [-0.1, -0.05) is 6.92 Å². The van der Waals surface area contributed by atoms with Crippen molar-refractivity contribution in [3.05, 3.63) is 28.3 Å². The summed E-state index contributed by atoms with van der Waals surface area (Å²) in [4.78, 5) is 13.1. The van der Waals surface area contributed by atoms with Gasteiger partial charge >= 0.3 is 0 Å². The largest absolute Gasteiger partial charge is 0.295 e. The second kappa shape index (κ2) is 4.85. The van der Waals surface area contributed by atoms with E-state index in [1.807, 2.05) is 11.8 Å². The molecule has 0 aromatic heterocycles. The van der Waals surface area contributed by atoms with Crippen molar-refractivity contribution >= 4 is 17.5 Å². The summed E-state index contributed by atoms with van der Waals surface area (Å²) in [7, 11) is 0. The molecule has 0 bridgehead atoms. The van der Waals surface area contributed by atoms with Gasteiger partial charge in [0, 0.05) is 10.5 Å². The quantitative estimate of drug-likeness (QED) is 0.717. The lowest BCUT2D eigenvalue weighted by Crippen LogP contribution is -2.13. The van der Waals surface area contributed by atoms with Gasteiger partial charge in [0.25, 0.3) is 0 Å². The molecule has 1 nitrogen and oxygen atoms in total. The van der Waals surface area contributed by atoms with Gasteiger partial charge in [0.05, 0.1) is 0 Å². The van der Waals surface area contributed by atoms with Crippen LogP contribution in [0.4, 0.5) is 0 Å². The van der Waals surface area contributed by atoms with Crippen molar-refractivity contribution in [3.8, 4) is 0 Å². The van der Waals surface area contributed by atoms with E-state index in [9.17, 15) is 4.79 Å². The molecule has 2 heteroatoms. The van der Waals surface area contributed by atoms with Gasteiger partial charge in [-0.2, -0.15) is 0 Å². The number of thioether (sulfide) groups is 1. The molecule has 1 aromatic rings. The van der Waals surface area contributed by atoms with E-state index >= 15 is 0 Å². The molecule has 1 atom stereocenters. The third-order valence-electron chi connectivity index (χ3n) is 3.76. The summed E-state index contributed by atoms with van der Waals surface area (Å²) in [5.74, 6) is 2.05. The van der Waals surface area contributed by atoms with Gasteiger partial charge < -0.3 is 0 Å². The average molecular weight is 248 g/mol. The number of hydrogen-bond acceptors (Lipinski definition) is 2. The first-order valence-electron chi connectivity index (χ1n) is 6.34. The lowest BCUT2D eigenvalue weighted by atomic mass is 9.85. The van der Waals surface area contributed by atoms with E-state index in [0.29, 0.717) is 5.92 Å². The van der Waals surface area contributed by atoms with Gasteiger partial charge in [-0.25, -0.2) is 0 Å². The van der Waals surface area contributed by atoms with Crippen LogP contribution in [0.5, 0.6) is 0 Å². The molecule has 1 aliphatic heterocycles. The van der Waals surface area contributed by atoms with Gasteiger partial charge in [-0.15, -0.1) is 11.8 Å². The maximum absolute atomic E-state index is 11.7. The molecule has 2 rings (SSSR count). The van der Waals surface area contributed by atoms with Crippen molar-refractivity contribution in [1.82, 2.24) is 0 Å². The third kappa shape index (κ3) is 2.15. The molecule has 0 saturated carbocycles. The summed E-state index contributed by atoms with van der Waals surface area (Å²) in [5.41, 5.74) is 4.87. The van der Waals surface area contributed by atoms with Gasteiger partial charge in [-0.3, -0.25) is 4.79 Å². The fourth-order valence-electron chi connectivity index (χ4n) is 2.82. The third-order valence-corrected chi connectivity index (χ3v) is 5.04. The molecule has 0 radical (unpaired) electrons. The summed E-state index contributed by atoms with van der Waals surface area (Å²) in [6, 6.07) is 2.07. The van der Waals surface area contributed by atoms with Crippen LogP contribution in [-0.4, -0.2) is 11.5 Å². The molecule has 1 heterocycles. The van der Waals surface area contributed by atoms with E-state index in [4.69, 9.17) is 0 Å². The predicted molar refractivity (Wildman–Crippen MR) is 74.3 cm³/mol. The van der Waals surface area contributed by atoms with Crippen LogP contribution in [0.3, 0.4) is 0 Å². The summed E-state index contributed by atoms with van der Waals surface area (Å²) in [5, 5.41) is 0. The Balaban J connectivity index is 2.67. The summed E-state index contributed by atoms with van der Waals surface area (Å²) in [6.45, 7) is 8.17. The van der Waals surface area contributed by atoms with Gasteiger partial charge in [-0.05, 0) is 68.0 Å². The maximum atomic E-state index is 11.7. The lowest BCUT2D eigenvalue weighted by Gasteiger charge is -2.28. The number of aryl methyl sites for hydroxylation is 1. The number of rotatable bonds is 2. The van der Waals surface area contributed by atoms with E-state index in [-0.39, 0.29) is 5.78 Å². The zero-order chi connectivity index (χ0) is 12.6. The normalized spacial score (nSPS) is 18.9. The monoisotopic (exact) mass is 248 g/mol. The Morgan fingerprint density at radius 2 is 2.18 bits per heavy atom. The molecular weight excluding hydrogens is 228 g/mol. The van der Waals surface area contributed by atoms with Crippen LogP contribution in [0.2, 0.25) is 0 Å². The highest BCUT2D eigenvalue weighted by molar-refractivity contribution is 7.99. The topological polar surface area (TPSA) is 17.1 Å². The number of carbonyl (C=O) groups is 1. The molecule has 1 aromatic carbocycles. The Hall–Kier alpha value is -0.760. The molecule has 1 unspecified atom stereocenters. The summed E-state index contributed by atoms with van der Waals surface area (Å²) >= 11 is 1.96. The molecule has 0 amide bonds. The maximum Gasteiger partial charge on any atom is 0.160 e. The highest BCUT2D eigenvalue weighted by Crippen LogP contribution is 2.43. The van der Waals surface area contributed by atoms with E-state index in [2.05, 4.69) is 26.8 Å². The van der Waals surface area contributed by atoms with Crippen molar-refractivity contribution in [2.45, 2.75) is 51.3 Å². The minimum absolute atomic E-state index is 0.193. The molecule has 17 heavy (non-hydrogen) atoms. The molecule has 1 aliphatic rings. The molecular formula is C15H20OS. The second-order valence-corrected chi connectivity index (χ2v) is 6.01. The SMILES string of the molecule is CCC1CCSc2c(C)cc(C(C)=O)c(C)c21. The molecule has 0 fully saturated rings. The Kier molecular flexibility index (Phi) is 3.62. The fourth-order valence-corrected chi connectivity index (χ4v) is 4.19. The Bertz CT molecular complexity index is 462. The molecule has 0 N–H and O–H groups in total. The molecule has 0 spiro atoms. The first kappa shape index (κ1) is 12.7. The summed E-state index contributed by atoms with van der Waals surface area (Å²) in [6.07, 6.45) is 2.42. The first-order valence-corrected chi connectivity index (χ1v) is 7.32. The van der Waals surface area contributed by atoms with Crippen LogP contribution in [0.15, 0.2) is 11.0 Å². The minimum Gasteiger partial charge on any atom is -0.295 e. The second-order valence-electron chi connectivity index (χ2n) is 4.91. The molecule has 0 aliphatic carbocycles. The van der Waals surface area contributed by atoms with Crippen LogP contribution in [-0.2, 0) is 0 Å². The number of ketones is 1. The first-order chi connectivity index (χ1) is 8.06. The van der Waals surface area contributed by atoms with Crippen LogP contribution in [0, 0.1) is 13.8 Å². The average Bonchev–Trinajstić information content (AvgIpc) is 2.32. The molecule has 92 valence electrons. The van der Waals surface area contributed by atoms with Crippen LogP contribution in [0.25, 0.3) is 0 Å². The van der Waals surface area contributed by atoms with E-state index in [1.54, 1.807) is 6.92 Å².